The molecule has 1 aromatic heterocycles. The monoisotopic (exact) mass is 278 g/mol. The average molecular weight is 279 g/mol. The van der Waals surface area contributed by atoms with Gasteiger partial charge in [0.05, 0.1) is 21.3 Å². The van der Waals surface area contributed by atoms with Crippen molar-refractivity contribution in [2.75, 3.05) is 5.73 Å². The molecule has 2 N–H and O–H groups in total. The quantitative estimate of drug-likeness (QED) is 0.672. The van der Waals surface area contributed by atoms with Gasteiger partial charge in [-0.3, -0.25) is 0 Å². The molecule has 0 atom stereocenters. The number of para-hydroxylation sites is 2. The van der Waals surface area contributed by atoms with Gasteiger partial charge in [0.25, 0.3) is 0 Å². The van der Waals surface area contributed by atoms with Crippen LogP contribution in [0.4, 0.5) is 5.69 Å². The van der Waals surface area contributed by atoms with Gasteiger partial charge in [0.1, 0.15) is 5.52 Å². The lowest BCUT2D eigenvalue weighted by atomic mass is 10.2. The van der Waals surface area contributed by atoms with Crippen LogP contribution in [0.3, 0.4) is 0 Å². The van der Waals surface area contributed by atoms with Gasteiger partial charge in [0.2, 0.25) is 5.89 Å². The third-order valence-electron chi connectivity index (χ3n) is 2.61. The Morgan fingerprint density at radius 1 is 1.06 bits per heavy atom. The normalized spacial score (nSPS) is 11.0. The Labute approximate surface area is 113 Å². The summed E-state index contributed by atoms with van der Waals surface area (Å²) < 4.78 is 5.64. The van der Waals surface area contributed by atoms with E-state index in [4.69, 9.17) is 33.4 Å². The van der Waals surface area contributed by atoms with Gasteiger partial charge in [0, 0.05) is 0 Å². The molecule has 0 saturated heterocycles. The van der Waals surface area contributed by atoms with Crippen LogP contribution < -0.4 is 5.73 Å². The number of nitrogens with zero attached hydrogens (tertiary/aromatic N) is 1. The van der Waals surface area contributed by atoms with Gasteiger partial charge in [-0.1, -0.05) is 35.3 Å². The van der Waals surface area contributed by atoms with E-state index in [1.54, 1.807) is 12.1 Å². The van der Waals surface area contributed by atoms with Gasteiger partial charge in [-0.15, -0.1) is 0 Å². The number of anilines is 1. The molecular formula is C13H8Cl2N2O. The second-order valence-corrected chi connectivity index (χ2v) is 4.65. The van der Waals surface area contributed by atoms with Gasteiger partial charge in [0.15, 0.2) is 5.58 Å². The van der Waals surface area contributed by atoms with Crippen LogP contribution in [0, 0.1) is 0 Å². The van der Waals surface area contributed by atoms with E-state index in [9.17, 15) is 0 Å². The lowest BCUT2D eigenvalue weighted by Crippen LogP contribution is -1.88. The molecule has 1 heterocycles. The van der Waals surface area contributed by atoms with Crippen LogP contribution in [-0.2, 0) is 0 Å². The molecular weight excluding hydrogens is 271 g/mol. The third-order valence-corrected chi connectivity index (χ3v) is 3.25. The van der Waals surface area contributed by atoms with E-state index in [1.165, 1.54) is 0 Å². The summed E-state index contributed by atoms with van der Waals surface area (Å²) in [7, 11) is 0. The molecule has 90 valence electrons. The van der Waals surface area contributed by atoms with Crippen molar-refractivity contribution in [1.82, 2.24) is 4.98 Å². The molecule has 0 radical (unpaired) electrons. The molecule has 3 aromatic rings. The Kier molecular flexibility index (Phi) is 2.65. The van der Waals surface area contributed by atoms with E-state index in [1.807, 2.05) is 24.3 Å². The number of nitrogens with two attached hydrogens (primary N) is 1. The minimum absolute atomic E-state index is 0.417. The zero-order valence-corrected chi connectivity index (χ0v) is 10.7. The first-order chi connectivity index (χ1) is 8.65. The number of hydrogen-bond donors (Lipinski definition) is 1. The van der Waals surface area contributed by atoms with Crippen LogP contribution in [0.15, 0.2) is 40.8 Å². The highest BCUT2D eigenvalue weighted by Gasteiger charge is 2.13. The molecule has 0 aliphatic rings. The fraction of sp³-hybridized carbons (Fsp3) is 0. The Hall–Kier alpha value is -1.71. The summed E-state index contributed by atoms with van der Waals surface area (Å²) >= 11 is 12.0. The maximum Gasteiger partial charge on any atom is 0.228 e. The minimum atomic E-state index is 0.417. The van der Waals surface area contributed by atoms with Gasteiger partial charge in [-0.2, -0.15) is 0 Å². The largest absolute Gasteiger partial charge is 0.436 e. The van der Waals surface area contributed by atoms with Crippen molar-refractivity contribution in [1.29, 1.82) is 0 Å². The smallest absolute Gasteiger partial charge is 0.228 e. The highest BCUT2D eigenvalue weighted by molar-refractivity contribution is 6.37. The summed E-state index contributed by atoms with van der Waals surface area (Å²) in [5, 5.41) is 0.876. The van der Waals surface area contributed by atoms with Gasteiger partial charge < -0.3 is 10.2 Å². The Morgan fingerprint density at radius 3 is 2.61 bits per heavy atom. The van der Waals surface area contributed by atoms with Gasteiger partial charge in [-0.25, -0.2) is 4.98 Å². The second kappa shape index (κ2) is 4.19. The molecule has 0 bridgehead atoms. The molecule has 0 amide bonds. The predicted molar refractivity (Wildman–Crippen MR) is 73.9 cm³/mol. The number of rotatable bonds is 1. The zero-order valence-electron chi connectivity index (χ0n) is 9.15. The molecule has 2 aromatic carbocycles. The van der Waals surface area contributed by atoms with Crippen molar-refractivity contribution >= 4 is 40.0 Å². The van der Waals surface area contributed by atoms with Crippen molar-refractivity contribution in [2.45, 2.75) is 0 Å². The second-order valence-electron chi connectivity index (χ2n) is 3.84. The number of aromatic nitrogens is 1. The Balaban J connectivity index is 2.22. The van der Waals surface area contributed by atoms with Crippen molar-refractivity contribution in [3.8, 4) is 11.5 Å². The first-order valence-electron chi connectivity index (χ1n) is 5.25. The zero-order chi connectivity index (χ0) is 12.7. The Morgan fingerprint density at radius 2 is 1.83 bits per heavy atom. The number of oxazole rings is 1. The molecule has 0 spiro atoms. The topological polar surface area (TPSA) is 52.0 Å². The Bertz CT molecular complexity index is 704. The minimum Gasteiger partial charge on any atom is -0.436 e. The summed E-state index contributed by atoms with van der Waals surface area (Å²) in [4.78, 5) is 4.36. The van der Waals surface area contributed by atoms with Gasteiger partial charge >= 0.3 is 0 Å². The molecule has 0 saturated carbocycles. The maximum atomic E-state index is 6.12. The predicted octanol–water partition coefficient (Wildman–Crippen LogP) is 4.38. The number of hydrogen-bond acceptors (Lipinski definition) is 3. The lowest BCUT2D eigenvalue weighted by Gasteiger charge is -2.03. The van der Waals surface area contributed by atoms with Crippen molar-refractivity contribution in [3.05, 3.63) is 46.4 Å². The molecule has 5 heteroatoms. The summed E-state index contributed by atoms with van der Waals surface area (Å²) in [5.41, 5.74) is 8.32. The third kappa shape index (κ3) is 1.82. The summed E-state index contributed by atoms with van der Waals surface area (Å²) in [6.45, 7) is 0. The number of nitrogen functional groups attached to an aromatic ring is 1. The maximum absolute atomic E-state index is 6.12. The van der Waals surface area contributed by atoms with E-state index < -0.39 is 0 Å². The molecule has 3 rings (SSSR count). The van der Waals surface area contributed by atoms with E-state index in [0.29, 0.717) is 32.8 Å². The molecule has 0 fully saturated rings. The van der Waals surface area contributed by atoms with Crippen LogP contribution in [0.5, 0.6) is 0 Å². The van der Waals surface area contributed by atoms with Crippen molar-refractivity contribution in [2.24, 2.45) is 0 Å². The first-order valence-corrected chi connectivity index (χ1v) is 6.01. The fourth-order valence-electron chi connectivity index (χ4n) is 1.72. The fourth-order valence-corrected chi connectivity index (χ4v) is 2.18. The van der Waals surface area contributed by atoms with Crippen LogP contribution >= 0.6 is 23.2 Å². The average Bonchev–Trinajstić information content (AvgIpc) is 2.77. The summed E-state index contributed by atoms with van der Waals surface area (Å²) in [5.74, 6) is 0.435. The van der Waals surface area contributed by atoms with Crippen LogP contribution in [0.25, 0.3) is 22.6 Å². The van der Waals surface area contributed by atoms with Crippen molar-refractivity contribution < 1.29 is 4.42 Å². The van der Waals surface area contributed by atoms with Crippen LogP contribution in [0.1, 0.15) is 0 Å². The summed E-state index contributed by atoms with van der Waals surface area (Å²) in [6.07, 6.45) is 0. The van der Waals surface area contributed by atoms with Crippen LogP contribution in [-0.4, -0.2) is 4.98 Å². The van der Waals surface area contributed by atoms with Crippen LogP contribution in [0.2, 0.25) is 10.0 Å². The van der Waals surface area contributed by atoms with E-state index >= 15 is 0 Å². The number of halogens is 2. The molecule has 3 nitrogen and oxygen atoms in total. The SMILES string of the molecule is Nc1cc(-c2nc3ccccc3o2)c(Cl)cc1Cl. The first kappa shape index (κ1) is 11.4. The number of fused-ring (bicyclic) bond motifs is 1. The molecule has 18 heavy (non-hydrogen) atoms. The number of benzene rings is 2. The molecule has 0 aliphatic carbocycles. The van der Waals surface area contributed by atoms with E-state index in [-0.39, 0.29) is 0 Å². The standard InChI is InChI=1S/C13H8Cl2N2O/c14-8-6-9(15)10(16)5-7(8)13-17-11-3-1-2-4-12(11)18-13/h1-6H,16H2. The highest BCUT2D eigenvalue weighted by atomic mass is 35.5. The van der Waals surface area contributed by atoms with Gasteiger partial charge in [-0.05, 0) is 24.3 Å². The lowest BCUT2D eigenvalue weighted by molar-refractivity contribution is 0.620. The van der Waals surface area contributed by atoms with E-state index in [2.05, 4.69) is 4.98 Å². The summed E-state index contributed by atoms with van der Waals surface area (Å²) in [6, 6.07) is 10.7. The van der Waals surface area contributed by atoms with Crippen molar-refractivity contribution in [3.63, 3.8) is 0 Å². The molecule has 0 unspecified atom stereocenters. The van der Waals surface area contributed by atoms with E-state index in [0.717, 1.165) is 5.52 Å². The molecule has 0 aliphatic heterocycles. The highest BCUT2D eigenvalue weighted by Crippen LogP contribution is 2.34.